The highest BCUT2D eigenvalue weighted by molar-refractivity contribution is 7.99. The highest BCUT2D eigenvalue weighted by Gasteiger charge is 2.22. The quantitative estimate of drug-likeness (QED) is 0.319. The van der Waals surface area contributed by atoms with Crippen LogP contribution in [0.4, 0.5) is 0 Å². The molecule has 5 nitrogen and oxygen atoms in total. The van der Waals surface area contributed by atoms with Gasteiger partial charge >= 0.3 is 0 Å². The number of nitrogens with zero attached hydrogens (tertiary/aromatic N) is 2. The van der Waals surface area contributed by atoms with Crippen LogP contribution in [0.2, 0.25) is 0 Å². The molecule has 0 fully saturated rings. The Hall–Kier alpha value is -3.38. The van der Waals surface area contributed by atoms with Crippen molar-refractivity contribution < 1.29 is 4.79 Å². The maximum Gasteiger partial charge on any atom is 0.266 e. The summed E-state index contributed by atoms with van der Waals surface area (Å²) in [5.41, 5.74) is 5.94. The molecule has 1 aliphatic carbocycles. The first kappa shape index (κ1) is 22.4. The highest BCUT2D eigenvalue weighted by atomic mass is 32.2. The average molecular weight is 470 g/mol. The minimum absolute atomic E-state index is 0.0317. The van der Waals surface area contributed by atoms with Gasteiger partial charge in [0, 0.05) is 0 Å². The van der Waals surface area contributed by atoms with E-state index in [0.717, 1.165) is 36.1 Å². The third-order valence-electron chi connectivity index (χ3n) is 6.25. The standard InChI is InChI=1S/C28H27N3O2S/c1-18-14-19(2)16-21(15-18)31-27(33)23-11-5-6-12-25(23)30-28(31)34-17-26(32)29-24-13-7-9-20-8-3-4-10-22(20)24/h3-6,8,10-12,14-16,24H,7,9,13,17H2,1-2H3,(H,29,32). The number of rotatable bonds is 5. The zero-order chi connectivity index (χ0) is 23.7. The van der Waals surface area contributed by atoms with Gasteiger partial charge in [0.25, 0.3) is 5.56 Å². The number of carbonyl (C=O) groups excluding carboxylic acids is 1. The summed E-state index contributed by atoms with van der Waals surface area (Å²) >= 11 is 1.30. The zero-order valence-electron chi connectivity index (χ0n) is 19.4. The summed E-state index contributed by atoms with van der Waals surface area (Å²) in [6, 6.07) is 21.8. The summed E-state index contributed by atoms with van der Waals surface area (Å²) in [4.78, 5) is 31.2. The number of thioether (sulfide) groups is 1. The first-order chi connectivity index (χ1) is 16.5. The number of aromatic nitrogens is 2. The van der Waals surface area contributed by atoms with Crippen LogP contribution >= 0.6 is 11.8 Å². The molecule has 1 atom stereocenters. The van der Waals surface area contributed by atoms with Crippen LogP contribution in [0.3, 0.4) is 0 Å². The first-order valence-electron chi connectivity index (χ1n) is 11.6. The van der Waals surface area contributed by atoms with Crippen LogP contribution in [0.5, 0.6) is 0 Å². The normalized spacial score (nSPS) is 15.2. The summed E-state index contributed by atoms with van der Waals surface area (Å²) in [5.74, 6) is 0.134. The van der Waals surface area contributed by atoms with Gasteiger partial charge < -0.3 is 5.32 Å². The number of aryl methyl sites for hydroxylation is 3. The number of hydrogen-bond donors (Lipinski definition) is 1. The fraction of sp³-hybridized carbons (Fsp3) is 0.250. The fourth-order valence-corrected chi connectivity index (χ4v) is 5.61. The van der Waals surface area contributed by atoms with E-state index < -0.39 is 0 Å². The maximum atomic E-state index is 13.5. The summed E-state index contributed by atoms with van der Waals surface area (Å²) in [5, 5.41) is 4.28. The molecular weight excluding hydrogens is 442 g/mol. The summed E-state index contributed by atoms with van der Waals surface area (Å²) in [7, 11) is 0. The van der Waals surface area contributed by atoms with E-state index in [1.54, 1.807) is 10.6 Å². The summed E-state index contributed by atoms with van der Waals surface area (Å²) < 4.78 is 1.64. The number of benzene rings is 3. The molecule has 4 aromatic rings. The lowest BCUT2D eigenvalue weighted by Crippen LogP contribution is -2.32. The zero-order valence-corrected chi connectivity index (χ0v) is 20.2. The van der Waals surface area contributed by atoms with Crippen LogP contribution in [0, 0.1) is 13.8 Å². The molecule has 172 valence electrons. The molecule has 6 heteroatoms. The summed E-state index contributed by atoms with van der Waals surface area (Å²) in [6.07, 6.45) is 3.06. The van der Waals surface area contributed by atoms with Crippen molar-refractivity contribution in [3.05, 3.63) is 99.3 Å². The third kappa shape index (κ3) is 4.50. The second kappa shape index (κ2) is 9.47. The van der Waals surface area contributed by atoms with Crippen LogP contribution in [-0.4, -0.2) is 21.2 Å². The Morgan fingerprint density at radius 1 is 1.06 bits per heavy atom. The molecule has 0 radical (unpaired) electrons. The van der Waals surface area contributed by atoms with Crippen molar-refractivity contribution >= 4 is 28.6 Å². The van der Waals surface area contributed by atoms with Gasteiger partial charge in [0.15, 0.2) is 5.16 Å². The SMILES string of the molecule is Cc1cc(C)cc(-n2c(SCC(=O)NC3CCCc4ccccc43)nc3ccccc3c2=O)c1. The molecule has 0 bridgehead atoms. The second-order valence-corrected chi connectivity index (χ2v) is 9.84. The second-order valence-electron chi connectivity index (χ2n) is 8.90. The highest BCUT2D eigenvalue weighted by Crippen LogP contribution is 2.30. The molecule has 1 N–H and O–H groups in total. The number of fused-ring (bicyclic) bond motifs is 2. The summed E-state index contributed by atoms with van der Waals surface area (Å²) in [6.45, 7) is 4.02. The lowest BCUT2D eigenvalue weighted by molar-refractivity contribution is -0.119. The Morgan fingerprint density at radius 2 is 1.79 bits per heavy atom. The monoisotopic (exact) mass is 469 g/mol. The number of nitrogens with one attached hydrogen (secondary N) is 1. The van der Waals surface area contributed by atoms with E-state index >= 15 is 0 Å². The van der Waals surface area contributed by atoms with Crippen molar-refractivity contribution in [3.63, 3.8) is 0 Å². The fourth-order valence-electron chi connectivity index (χ4n) is 4.79. The Bertz CT molecular complexity index is 1420. The molecule has 0 spiro atoms. The number of hydrogen-bond acceptors (Lipinski definition) is 4. The maximum absolute atomic E-state index is 13.5. The molecule has 1 heterocycles. The molecule has 34 heavy (non-hydrogen) atoms. The molecule has 1 unspecified atom stereocenters. The number of amides is 1. The molecular formula is C28H27N3O2S. The van der Waals surface area contributed by atoms with Crippen LogP contribution in [-0.2, 0) is 11.2 Å². The lowest BCUT2D eigenvalue weighted by atomic mass is 9.88. The minimum atomic E-state index is -0.125. The van der Waals surface area contributed by atoms with Crippen molar-refractivity contribution in [1.82, 2.24) is 14.9 Å². The van der Waals surface area contributed by atoms with E-state index in [-0.39, 0.29) is 23.3 Å². The number of para-hydroxylation sites is 1. The molecule has 1 amide bonds. The van der Waals surface area contributed by atoms with Gasteiger partial charge in [0.2, 0.25) is 5.91 Å². The molecule has 1 aromatic heterocycles. The Balaban J connectivity index is 1.44. The molecule has 0 saturated carbocycles. The van der Waals surface area contributed by atoms with Crippen molar-refractivity contribution in [2.75, 3.05) is 5.75 Å². The smallest absolute Gasteiger partial charge is 0.266 e. The van der Waals surface area contributed by atoms with E-state index in [0.29, 0.717) is 16.1 Å². The predicted octanol–water partition coefficient (Wildman–Crippen LogP) is 5.29. The first-order valence-corrected chi connectivity index (χ1v) is 12.6. The van der Waals surface area contributed by atoms with Crippen LogP contribution < -0.4 is 10.9 Å². The van der Waals surface area contributed by atoms with Crippen LogP contribution in [0.25, 0.3) is 16.6 Å². The van der Waals surface area contributed by atoms with Crippen molar-refractivity contribution in [3.8, 4) is 5.69 Å². The predicted molar refractivity (Wildman–Crippen MR) is 138 cm³/mol. The van der Waals surface area contributed by atoms with Crippen LogP contribution in [0.1, 0.15) is 41.1 Å². The van der Waals surface area contributed by atoms with Crippen molar-refractivity contribution in [2.24, 2.45) is 0 Å². The van der Waals surface area contributed by atoms with Gasteiger partial charge in [-0.15, -0.1) is 0 Å². The van der Waals surface area contributed by atoms with E-state index in [1.165, 1.54) is 22.9 Å². The van der Waals surface area contributed by atoms with E-state index in [2.05, 4.69) is 29.6 Å². The molecule has 0 aliphatic heterocycles. The van der Waals surface area contributed by atoms with Gasteiger partial charge in [-0.05, 0) is 79.6 Å². The van der Waals surface area contributed by atoms with Crippen LogP contribution in [0.15, 0.2) is 76.7 Å². The topological polar surface area (TPSA) is 64.0 Å². The number of carbonyl (C=O) groups is 1. The van der Waals surface area contributed by atoms with E-state index in [9.17, 15) is 9.59 Å². The van der Waals surface area contributed by atoms with Gasteiger partial charge in [-0.1, -0.05) is 54.2 Å². The van der Waals surface area contributed by atoms with E-state index in [4.69, 9.17) is 4.98 Å². The van der Waals surface area contributed by atoms with Gasteiger partial charge in [0.05, 0.1) is 28.4 Å². The van der Waals surface area contributed by atoms with Gasteiger partial charge in [-0.25, -0.2) is 4.98 Å². The lowest BCUT2D eigenvalue weighted by Gasteiger charge is -2.26. The molecule has 3 aromatic carbocycles. The Labute approximate surface area is 203 Å². The minimum Gasteiger partial charge on any atom is -0.349 e. The largest absolute Gasteiger partial charge is 0.349 e. The molecule has 1 aliphatic rings. The van der Waals surface area contributed by atoms with Gasteiger partial charge in [0.1, 0.15) is 0 Å². The van der Waals surface area contributed by atoms with Gasteiger partial charge in [-0.2, -0.15) is 0 Å². The molecule has 0 saturated heterocycles. The van der Waals surface area contributed by atoms with Crippen molar-refractivity contribution in [1.29, 1.82) is 0 Å². The van der Waals surface area contributed by atoms with E-state index in [1.807, 2.05) is 50.2 Å². The third-order valence-corrected chi connectivity index (χ3v) is 7.19. The molecule has 5 rings (SSSR count). The van der Waals surface area contributed by atoms with Crippen molar-refractivity contribution in [2.45, 2.75) is 44.3 Å². The Kier molecular flexibility index (Phi) is 6.24. The Morgan fingerprint density at radius 3 is 2.62 bits per heavy atom. The van der Waals surface area contributed by atoms with Gasteiger partial charge in [-0.3, -0.25) is 14.2 Å². The average Bonchev–Trinajstić information content (AvgIpc) is 2.82.